The van der Waals surface area contributed by atoms with Gasteiger partial charge < -0.3 is 0 Å². The Morgan fingerprint density at radius 2 is 1.64 bits per heavy atom. The lowest BCUT2D eigenvalue weighted by Crippen LogP contribution is -2.34. The van der Waals surface area contributed by atoms with Crippen LogP contribution < -0.4 is 16.3 Å². The molecule has 2 aromatic carbocycles. The predicted molar refractivity (Wildman–Crippen MR) is 86.9 cm³/mol. The smallest absolute Gasteiger partial charge is 0.266 e. The van der Waals surface area contributed by atoms with Crippen LogP contribution in [0.1, 0.15) is 12.0 Å². The summed E-state index contributed by atoms with van der Waals surface area (Å²) in [6.45, 7) is 0.666. The fourth-order valence-electron chi connectivity index (χ4n) is 1.90. The minimum Gasteiger partial charge on any atom is -0.299 e. The Labute approximate surface area is 130 Å². The number of hydroxylamine groups is 1. The van der Waals surface area contributed by atoms with Crippen LogP contribution >= 0.6 is 0 Å². The number of hydrogen-bond acceptors (Lipinski definition) is 4. The van der Waals surface area contributed by atoms with Crippen LogP contribution in [0.4, 0.5) is 5.69 Å². The summed E-state index contributed by atoms with van der Waals surface area (Å²) in [6.07, 6.45) is 1.94. The normalized spacial score (nSPS) is 10.2. The number of rotatable bonds is 9. The molecule has 5 nitrogen and oxygen atoms in total. The Hall–Kier alpha value is -2.37. The molecule has 0 aliphatic heterocycles. The molecule has 1 amide bonds. The molecule has 5 heteroatoms. The molecular formula is C17H21N3O2. The second-order valence-electron chi connectivity index (χ2n) is 4.81. The van der Waals surface area contributed by atoms with Crippen molar-refractivity contribution in [2.24, 2.45) is 0 Å². The van der Waals surface area contributed by atoms with Crippen molar-refractivity contribution in [3.8, 4) is 0 Å². The van der Waals surface area contributed by atoms with Gasteiger partial charge in [0.05, 0.1) is 5.69 Å². The molecule has 116 valence electrons. The highest BCUT2D eigenvalue weighted by Crippen LogP contribution is 2.02. The first kappa shape index (κ1) is 16.0. The van der Waals surface area contributed by atoms with E-state index in [9.17, 15) is 4.79 Å². The van der Waals surface area contributed by atoms with Crippen molar-refractivity contribution in [2.75, 3.05) is 18.6 Å². The van der Waals surface area contributed by atoms with E-state index in [1.165, 1.54) is 5.56 Å². The summed E-state index contributed by atoms with van der Waals surface area (Å²) in [6, 6.07) is 19.7. The molecule has 2 aromatic rings. The minimum absolute atomic E-state index is 0.0365. The quantitative estimate of drug-likeness (QED) is 0.491. The van der Waals surface area contributed by atoms with Crippen LogP contribution in [-0.2, 0) is 16.1 Å². The zero-order chi connectivity index (χ0) is 15.5. The van der Waals surface area contributed by atoms with Crippen LogP contribution in [0.25, 0.3) is 0 Å². The summed E-state index contributed by atoms with van der Waals surface area (Å²) in [5.74, 6) is -0.237. The summed E-state index contributed by atoms with van der Waals surface area (Å²) in [7, 11) is 0. The van der Waals surface area contributed by atoms with Crippen LogP contribution in [0.5, 0.6) is 0 Å². The number of aryl methyl sites for hydroxylation is 1. The molecule has 0 heterocycles. The van der Waals surface area contributed by atoms with Gasteiger partial charge in [0.1, 0.15) is 6.61 Å². The third-order valence-corrected chi connectivity index (χ3v) is 3.01. The Morgan fingerprint density at radius 3 is 2.36 bits per heavy atom. The van der Waals surface area contributed by atoms with Gasteiger partial charge in [0, 0.05) is 6.54 Å². The molecule has 0 atom stereocenters. The Kier molecular flexibility index (Phi) is 6.95. The van der Waals surface area contributed by atoms with Crippen LogP contribution in [0, 0.1) is 0 Å². The predicted octanol–water partition coefficient (Wildman–Crippen LogP) is 2.28. The highest BCUT2D eigenvalue weighted by molar-refractivity contribution is 5.78. The molecule has 0 aromatic heterocycles. The van der Waals surface area contributed by atoms with Crippen LogP contribution in [0.15, 0.2) is 60.7 Å². The second-order valence-corrected chi connectivity index (χ2v) is 4.81. The summed E-state index contributed by atoms with van der Waals surface area (Å²) < 4.78 is 0. The molecule has 0 saturated carbocycles. The number of nitrogens with one attached hydrogen (secondary N) is 3. The molecule has 3 N–H and O–H groups in total. The molecular weight excluding hydrogens is 278 g/mol. The van der Waals surface area contributed by atoms with E-state index in [-0.39, 0.29) is 12.5 Å². The van der Waals surface area contributed by atoms with Gasteiger partial charge in [0.15, 0.2) is 0 Å². The number of benzene rings is 2. The summed E-state index contributed by atoms with van der Waals surface area (Å²) >= 11 is 0. The monoisotopic (exact) mass is 299 g/mol. The van der Waals surface area contributed by atoms with E-state index in [1.807, 2.05) is 48.5 Å². The van der Waals surface area contributed by atoms with Gasteiger partial charge in [-0.2, -0.15) is 0 Å². The van der Waals surface area contributed by atoms with Crippen molar-refractivity contribution in [3.63, 3.8) is 0 Å². The summed E-state index contributed by atoms with van der Waals surface area (Å²) in [5.41, 5.74) is 10.3. The first-order valence-corrected chi connectivity index (χ1v) is 7.33. The lowest BCUT2D eigenvalue weighted by molar-refractivity contribution is -0.127. The number of amides is 1. The average Bonchev–Trinajstić information content (AvgIpc) is 2.58. The zero-order valence-corrected chi connectivity index (χ0v) is 12.4. The Balaban J connectivity index is 1.49. The molecule has 22 heavy (non-hydrogen) atoms. The first-order chi connectivity index (χ1) is 10.8. The van der Waals surface area contributed by atoms with Gasteiger partial charge in [0.25, 0.3) is 5.91 Å². The molecule has 0 unspecified atom stereocenters. The number of hydrogen-bond donors (Lipinski definition) is 3. The maximum Gasteiger partial charge on any atom is 0.266 e. The van der Waals surface area contributed by atoms with Crippen LogP contribution in [0.2, 0.25) is 0 Å². The lowest BCUT2D eigenvalue weighted by Gasteiger charge is -2.09. The Morgan fingerprint density at radius 1 is 0.955 bits per heavy atom. The van der Waals surface area contributed by atoms with Crippen LogP contribution in [0.3, 0.4) is 0 Å². The molecule has 0 fully saturated rings. The molecule has 0 spiro atoms. The van der Waals surface area contributed by atoms with Crippen molar-refractivity contribution >= 4 is 11.6 Å². The number of para-hydroxylation sites is 1. The SMILES string of the molecule is O=C(CONCCCc1ccccc1)NNc1ccccc1. The third-order valence-electron chi connectivity index (χ3n) is 3.01. The molecule has 0 radical (unpaired) electrons. The molecule has 0 bridgehead atoms. The van der Waals surface area contributed by atoms with E-state index in [0.717, 1.165) is 18.5 Å². The molecule has 0 saturated heterocycles. The number of carbonyl (C=O) groups excluding carboxylic acids is 1. The maximum atomic E-state index is 11.5. The van der Waals surface area contributed by atoms with Gasteiger partial charge in [-0.15, -0.1) is 0 Å². The minimum atomic E-state index is -0.237. The standard InChI is InChI=1S/C17H21N3O2/c21-17(20-19-16-11-5-2-6-12-16)14-22-18-13-7-10-15-8-3-1-4-9-15/h1-6,8-9,11-12,18-19H,7,10,13-14H2,(H,20,21). The molecule has 2 rings (SSSR count). The van der Waals surface area contributed by atoms with Crippen LogP contribution in [-0.4, -0.2) is 19.1 Å². The van der Waals surface area contributed by atoms with Gasteiger partial charge in [-0.25, -0.2) is 5.48 Å². The van der Waals surface area contributed by atoms with Crippen molar-refractivity contribution in [1.29, 1.82) is 0 Å². The zero-order valence-electron chi connectivity index (χ0n) is 12.4. The Bertz CT molecular complexity index is 546. The number of carbonyl (C=O) groups is 1. The van der Waals surface area contributed by atoms with Gasteiger partial charge >= 0.3 is 0 Å². The first-order valence-electron chi connectivity index (χ1n) is 7.33. The van der Waals surface area contributed by atoms with Crippen molar-refractivity contribution in [3.05, 3.63) is 66.2 Å². The fourth-order valence-corrected chi connectivity index (χ4v) is 1.90. The molecule has 0 aliphatic rings. The van der Waals surface area contributed by atoms with E-state index < -0.39 is 0 Å². The number of hydrazine groups is 1. The maximum absolute atomic E-state index is 11.5. The third kappa shape index (κ3) is 6.39. The summed E-state index contributed by atoms with van der Waals surface area (Å²) in [5, 5.41) is 0. The summed E-state index contributed by atoms with van der Waals surface area (Å²) in [4.78, 5) is 16.7. The lowest BCUT2D eigenvalue weighted by atomic mass is 10.1. The van der Waals surface area contributed by atoms with Gasteiger partial charge in [-0.3, -0.25) is 20.5 Å². The molecule has 0 aliphatic carbocycles. The van der Waals surface area contributed by atoms with E-state index in [2.05, 4.69) is 28.5 Å². The van der Waals surface area contributed by atoms with Gasteiger partial charge in [0.2, 0.25) is 0 Å². The van der Waals surface area contributed by atoms with E-state index >= 15 is 0 Å². The fraction of sp³-hybridized carbons (Fsp3) is 0.235. The largest absolute Gasteiger partial charge is 0.299 e. The van der Waals surface area contributed by atoms with E-state index in [0.29, 0.717) is 6.54 Å². The topological polar surface area (TPSA) is 62.4 Å². The van der Waals surface area contributed by atoms with E-state index in [4.69, 9.17) is 4.84 Å². The highest BCUT2D eigenvalue weighted by Gasteiger charge is 2.00. The van der Waals surface area contributed by atoms with Crippen molar-refractivity contribution in [1.82, 2.24) is 10.9 Å². The number of anilines is 1. The van der Waals surface area contributed by atoms with Gasteiger partial charge in [-0.05, 0) is 30.5 Å². The second kappa shape index (κ2) is 9.55. The van der Waals surface area contributed by atoms with Crippen molar-refractivity contribution in [2.45, 2.75) is 12.8 Å². The van der Waals surface area contributed by atoms with Crippen molar-refractivity contribution < 1.29 is 9.63 Å². The van der Waals surface area contributed by atoms with Gasteiger partial charge in [-0.1, -0.05) is 48.5 Å². The van der Waals surface area contributed by atoms with E-state index in [1.54, 1.807) is 0 Å². The highest BCUT2D eigenvalue weighted by atomic mass is 16.6. The average molecular weight is 299 g/mol.